The average Bonchev–Trinajstić information content (AvgIpc) is 3.06. The van der Waals surface area contributed by atoms with Crippen molar-refractivity contribution in [2.45, 2.75) is 31.5 Å². The lowest BCUT2D eigenvalue weighted by molar-refractivity contribution is -0.124. The van der Waals surface area contributed by atoms with Gasteiger partial charge < -0.3 is 10.6 Å². The van der Waals surface area contributed by atoms with Gasteiger partial charge in [0.2, 0.25) is 5.91 Å². The van der Waals surface area contributed by atoms with Gasteiger partial charge in [0.15, 0.2) is 0 Å². The van der Waals surface area contributed by atoms with Crippen LogP contribution in [-0.4, -0.2) is 11.7 Å². The van der Waals surface area contributed by atoms with Crippen LogP contribution in [0, 0.1) is 11.7 Å². The monoisotopic (exact) mass is 380 g/mol. The predicted octanol–water partition coefficient (Wildman–Crippen LogP) is 3.90. The van der Waals surface area contributed by atoms with E-state index in [9.17, 15) is 9.18 Å². The number of benzene rings is 2. The third-order valence-electron chi connectivity index (χ3n) is 4.13. The molecule has 134 valence electrons. The summed E-state index contributed by atoms with van der Waals surface area (Å²) in [7, 11) is 0. The number of halogens is 2. The van der Waals surface area contributed by atoms with E-state index in [2.05, 4.69) is 28.8 Å². The highest BCUT2D eigenvalue weighted by Crippen LogP contribution is 2.21. The summed E-state index contributed by atoms with van der Waals surface area (Å²) in [5.41, 5.74) is 3.79. The molecule has 1 heterocycles. The Balaban J connectivity index is 0.00000225. The van der Waals surface area contributed by atoms with Crippen molar-refractivity contribution in [2.24, 2.45) is 5.92 Å². The van der Waals surface area contributed by atoms with Crippen LogP contribution in [-0.2, 0) is 24.4 Å². The summed E-state index contributed by atoms with van der Waals surface area (Å²) in [5.74, 6) is 0.375. The smallest absolute Gasteiger partial charge is 0.223 e. The minimum Gasteiger partial charge on any atom is -0.352 e. The Labute approximate surface area is 158 Å². The van der Waals surface area contributed by atoms with Crippen LogP contribution in [0.4, 0.5) is 4.39 Å². The summed E-state index contributed by atoms with van der Waals surface area (Å²) in [6, 6.07) is 12.7. The topological polar surface area (TPSA) is 41.1 Å². The van der Waals surface area contributed by atoms with Gasteiger partial charge in [0.1, 0.15) is 5.82 Å². The average molecular weight is 381 g/mol. The molecule has 3 rings (SSSR count). The molecule has 0 saturated heterocycles. The molecule has 2 N–H and O–H groups in total. The largest absolute Gasteiger partial charge is 0.352 e. The fourth-order valence-corrected chi connectivity index (χ4v) is 3.57. The highest BCUT2D eigenvalue weighted by atomic mass is 35.5. The van der Waals surface area contributed by atoms with E-state index in [1.165, 1.54) is 23.3 Å². The first-order valence-corrected chi connectivity index (χ1v) is 9.08. The Kier molecular flexibility index (Phi) is 7.29. The van der Waals surface area contributed by atoms with Gasteiger partial charge in [0.05, 0.1) is 0 Å². The molecule has 0 radical (unpaired) electrons. The summed E-state index contributed by atoms with van der Waals surface area (Å²) in [6.45, 7) is 4.30. The molecule has 0 spiro atoms. The first-order chi connectivity index (χ1) is 11.6. The van der Waals surface area contributed by atoms with E-state index in [0.29, 0.717) is 12.3 Å². The Bertz CT molecular complexity index is 724. The third kappa shape index (κ3) is 5.46. The first kappa shape index (κ1) is 19.8. The normalized spacial score (nSPS) is 13.7. The van der Waals surface area contributed by atoms with Crippen LogP contribution in [0.15, 0.2) is 47.4 Å². The minimum absolute atomic E-state index is 0. The number of thioether (sulfide) groups is 1. The standard InChI is InChI=1S/C19H21FN2OS.ClH/c1-13(12-24-18-6-4-17(20)5-7-18)19(23)22-9-14-2-3-15-10-21-11-16(15)8-14;/h2-8,13,21H,9-12H2,1H3,(H,22,23);1H. The summed E-state index contributed by atoms with van der Waals surface area (Å²) < 4.78 is 12.9. The second-order valence-corrected chi connectivity index (χ2v) is 7.18. The highest BCUT2D eigenvalue weighted by molar-refractivity contribution is 7.99. The van der Waals surface area contributed by atoms with Crippen molar-refractivity contribution >= 4 is 30.1 Å². The van der Waals surface area contributed by atoms with Crippen LogP contribution >= 0.6 is 24.2 Å². The van der Waals surface area contributed by atoms with Gasteiger partial charge in [-0.15, -0.1) is 24.2 Å². The van der Waals surface area contributed by atoms with Crippen molar-refractivity contribution in [3.05, 3.63) is 65.0 Å². The van der Waals surface area contributed by atoms with E-state index in [1.807, 2.05) is 6.92 Å². The number of rotatable bonds is 6. The summed E-state index contributed by atoms with van der Waals surface area (Å²) in [5, 5.41) is 6.32. The van der Waals surface area contributed by atoms with Gasteiger partial charge in [0.25, 0.3) is 0 Å². The highest BCUT2D eigenvalue weighted by Gasteiger charge is 2.14. The van der Waals surface area contributed by atoms with Crippen LogP contribution in [0.1, 0.15) is 23.6 Å². The lowest BCUT2D eigenvalue weighted by atomic mass is 10.1. The molecule has 0 bridgehead atoms. The van der Waals surface area contributed by atoms with Crippen molar-refractivity contribution in [1.82, 2.24) is 10.6 Å². The Morgan fingerprint density at radius 1 is 1.20 bits per heavy atom. The van der Waals surface area contributed by atoms with E-state index in [1.54, 1.807) is 23.9 Å². The predicted molar refractivity (Wildman–Crippen MR) is 102 cm³/mol. The van der Waals surface area contributed by atoms with E-state index in [4.69, 9.17) is 0 Å². The number of fused-ring (bicyclic) bond motifs is 1. The van der Waals surface area contributed by atoms with E-state index in [-0.39, 0.29) is 30.0 Å². The van der Waals surface area contributed by atoms with E-state index >= 15 is 0 Å². The van der Waals surface area contributed by atoms with Crippen LogP contribution < -0.4 is 10.6 Å². The molecule has 1 unspecified atom stereocenters. The first-order valence-electron chi connectivity index (χ1n) is 8.09. The number of carbonyl (C=O) groups excluding carboxylic acids is 1. The lowest BCUT2D eigenvalue weighted by Crippen LogP contribution is -2.29. The van der Waals surface area contributed by atoms with Crippen LogP contribution in [0.3, 0.4) is 0 Å². The Hall–Kier alpha value is -1.56. The number of hydrogen-bond acceptors (Lipinski definition) is 3. The van der Waals surface area contributed by atoms with Gasteiger partial charge in [-0.25, -0.2) is 4.39 Å². The van der Waals surface area contributed by atoms with Crippen molar-refractivity contribution in [3.8, 4) is 0 Å². The van der Waals surface area contributed by atoms with E-state index < -0.39 is 0 Å². The number of carbonyl (C=O) groups is 1. The van der Waals surface area contributed by atoms with Crippen LogP contribution in [0.25, 0.3) is 0 Å². The summed E-state index contributed by atoms with van der Waals surface area (Å²) in [6.07, 6.45) is 0. The van der Waals surface area contributed by atoms with Gasteiger partial charge in [-0.05, 0) is 41.0 Å². The maximum Gasteiger partial charge on any atom is 0.223 e. The van der Waals surface area contributed by atoms with Gasteiger partial charge >= 0.3 is 0 Å². The van der Waals surface area contributed by atoms with Crippen LogP contribution in [0.2, 0.25) is 0 Å². The lowest BCUT2D eigenvalue weighted by Gasteiger charge is -2.12. The summed E-state index contributed by atoms with van der Waals surface area (Å²) in [4.78, 5) is 13.2. The fraction of sp³-hybridized carbons (Fsp3) is 0.316. The number of hydrogen-bond donors (Lipinski definition) is 2. The molecule has 2 aromatic rings. The molecule has 1 aliphatic rings. The molecule has 0 aliphatic carbocycles. The van der Waals surface area contributed by atoms with Gasteiger partial charge in [-0.1, -0.05) is 25.1 Å². The van der Waals surface area contributed by atoms with E-state index in [0.717, 1.165) is 23.5 Å². The van der Waals surface area contributed by atoms with Crippen molar-refractivity contribution < 1.29 is 9.18 Å². The molecular formula is C19H22ClFN2OS. The second kappa shape index (κ2) is 9.22. The van der Waals surface area contributed by atoms with Crippen molar-refractivity contribution in [1.29, 1.82) is 0 Å². The maximum atomic E-state index is 12.9. The molecule has 1 aliphatic heterocycles. The zero-order valence-electron chi connectivity index (χ0n) is 14.0. The van der Waals surface area contributed by atoms with Crippen molar-refractivity contribution in [3.63, 3.8) is 0 Å². The maximum absolute atomic E-state index is 12.9. The number of nitrogens with one attached hydrogen (secondary N) is 2. The van der Waals surface area contributed by atoms with Gasteiger partial charge in [-0.3, -0.25) is 4.79 Å². The molecule has 25 heavy (non-hydrogen) atoms. The zero-order valence-corrected chi connectivity index (χ0v) is 15.7. The molecule has 1 atom stereocenters. The Morgan fingerprint density at radius 3 is 2.68 bits per heavy atom. The van der Waals surface area contributed by atoms with Gasteiger partial charge in [0, 0.05) is 36.2 Å². The molecule has 2 aromatic carbocycles. The second-order valence-electron chi connectivity index (χ2n) is 6.09. The van der Waals surface area contributed by atoms with Crippen LogP contribution in [0.5, 0.6) is 0 Å². The minimum atomic E-state index is -0.241. The molecular weight excluding hydrogens is 359 g/mol. The number of amides is 1. The van der Waals surface area contributed by atoms with Crippen molar-refractivity contribution in [2.75, 3.05) is 5.75 Å². The molecule has 0 aromatic heterocycles. The molecule has 0 fully saturated rings. The molecule has 1 amide bonds. The molecule has 3 nitrogen and oxygen atoms in total. The zero-order chi connectivity index (χ0) is 16.9. The van der Waals surface area contributed by atoms with Gasteiger partial charge in [-0.2, -0.15) is 0 Å². The summed E-state index contributed by atoms with van der Waals surface area (Å²) >= 11 is 1.57. The SMILES string of the molecule is CC(CSc1ccc(F)cc1)C(=O)NCc1ccc2c(c1)CNC2.Cl. The fourth-order valence-electron chi connectivity index (χ4n) is 2.65. The third-order valence-corrected chi connectivity index (χ3v) is 5.40. The molecule has 6 heteroatoms. The Morgan fingerprint density at radius 2 is 1.92 bits per heavy atom. The molecule has 0 saturated carbocycles. The quantitative estimate of drug-likeness (QED) is 0.747.